The fourth-order valence-electron chi connectivity index (χ4n) is 3.95. The molecule has 0 saturated heterocycles. The molecule has 1 aromatic carbocycles. The Balaban J connectivity index is 1.69. The zero-order valence-electron chi connectivity index (χ0n) is 15.4. The maximum atomic E-state index is 11.9. The second-order valence-electron chi connectivity index (χ2n) is 7.25. The number of allylic oxidation sites excluding steroid dienone is 2. The molecular weight excluding hydrogens is 336 g/mol. The van der Waals surface area contributed by atoms with E-state index in [4.69, 9.17) is 5.73 Å². The average Bonchev–Trinajstić information content (AvgIpc) is 3.19. The van der Waals surface area contributed by atoms with E-state index in [0.29, 0.717) is 11.6 Å². The van der Waals surface area contributed by atoms with Gasteiger partial charge in [0.05, 0.1) is 11.3 Å². The lowest BCUT2D eigenvalue weighted by Crippen LogP contribution is -2.24. The third kappa shape index (κ3) is 3.77. The van der Waals surface area contributed by atoms with Crippen molar-refractivity contribution in [2.45, 2.75) is 38.1 Å². The molecule has 5 nitrogen and oxygen atoms in total. The summed E-state index contributed by atoms with van der Waals surface area (Å²) < 4.78 is 2.14. The number of amides is 1. The maximum absolute atomic E-state index is 11.9. The van der Waals surface area contributed by atoms with Gasteiger partial charge < -0.3 is 20.9 Å². The SMILES string of the molecule is NC(=O)c1ccc(-n2cccc2C2=CNCC=C2)cc1NC1CCCCC1. The highest BCUT2D eigenvalue weighted by molar-refractivity contribution is 5.99. The number of dihydropyridines is 1. The van der Waals surface area contributed by atoms with E-state index in [1.807, 2.05) is 36.7 Å². The van der Waals surface area contributed by atoms with E-state index in [1.165, 1.54) is 19.3 Å². The first-order chi connectivity index (χ1) is 13.2. The Morgan fingerprint density at radius 3 is 2.78 bits per heavy atom. The molecule has 4 rings (SSSR count). The fourth-order valence-corrected chi connectivity index (χ4v) is 3.95. The van der Waals surface area contributed by atoms with Crippen LogP contribution in [0.25, 0.3) is 11.3 Å². The van der Waals surface area contributed by atoms with E-state index in [2.05, 4.69) is 33.4 Å². The Bertz CT molecular complexity index is 887. The molecule has 5 heteroatoms. The highest BCUT2D eigenvalue weighted by Gasteiger charge is 2.17. The van der Waals surface area contributed by atoms with Crippen LogP contribution >= 0.6 is 0 Å². The summed E-state index contributed by atoms with van der Waals surface area (Å²) in [5.41, 5.74) is 10.3. The van der Waals surface area contributed by atoms with Gasteiger partial charge in [0.1, 0.15) is 0 Å². The molecule has 1 aliphatic heterocycles. The van der Waals surface area contributed by atoms with Crippen LogP contribution in [0.5, 0.6) is 0 Å². The Hall–Kier alpha value is -2.95. The van der Waals surface area contributed by atoms with E-state index < -0.39 is 5.91 Å². The lowest BCUT2D eigenvalue weighted by Gasteiger charge is -2.25. The molecule has 0 radical (unpaired) electrons. The molecule has 1 aromatic heterocycles. The number of anilines is 1. The first kappa shape index (κ1) is 17.5. The van der Waals surface area contributed by atoms with Crippen LogP contribution in [0.15, 0.2) is 54.9 Å². The van der Waals surface area contributed by atoms with Crippen molar-refractivity contribution in [3.63, 3.8) is 0 Å². The molecule has 1 saturated carbocycles. The van der Waals surface area contributed by atoms with Crippen molar-refractivity contribution in [1.29, 1.82) is 0 Å². The number of nitrogens with one attached hydrogen (secondary N) is 2. The van der Waals surface area contributed by atoms with Gasteiger partial charge in [0.25, 0.3) is 5.91 Å². The highest BCUT2D eigenvalue weighted by Crippen LogP contribution is 2.28. The average molecular weight is 362 g/mol. The molecule has 0 unspecified atom stereocenters. The largest absolute Gasteiger partial charge is 0.387 e. The maximum Gasteiger partial charge on any atom is 0.250 e. The first-order valence-electron chi connectivity index (χ1n) is 9.71. The van der Waals surface area contributed by atoms with Crippen molar-refractivity contribution in [1.82, 2.24) is 9.88 Å². The molecule has 0 spiro atoms. The van der Waals surface area contributed by atoms with Gasteiger partial charge in [-0.3, -0.25) is 4.79 Å². The van der Waals surface area contributed by atoms with Crippen molar-refractivity contribution in [2.75, 3.05) is 11.9 Å². The lowest BCUT2D eigenvalue weighted by molar-refractivity contribution is 0.100. The Labute approximate surface area is 159 Å². The van der Waals surface area contributed by atoms with Crippen LogP contribution in [0.1, 0.15) is 48.2 Å². The van der Waals surface area contributed by atoms with Crippen molar-refractivity contribution < 1.29 is 4.79 Å². The van der Waals surface area contributed by atoms with Crippen LogP contribution in [0.3, 0.4) is 0 Å². The molecule has 27 heavy (non-hydrogen) atoms. The normalized spacial score (nSPS) is 17.3. The standard InChI is InChI=1S/C22H26N4O/c23-22(27)19-11-10-18(14-20(19)25-17-7-2-1-3-8-17)26-13-5-9-21(26)16-6-4-12-24-15-16/h4-6,9-11,13-15,17,24-25H,1-3,7-8,12H2,(H2,23,27). The predicted molar refractivity (Wildman–Crippen MR) is 110 cm³/mol. The number of carbonyl (C=O) groups excluding carboxylic acids is 1. The molecule has 0 atom stereocenters. The third-order valence-electron chi connectivity index (χ3n) is 5.35. The molecule has 4 N–H and O–H groups in total. The monoisotopic (exact) mass is 362 g/mol. The molecule has 1 aliphatic carbocycles. The van der Waals surface area contributed by atoms with Gasteiger partial charge >= 0.3 is 0 Å². The Morgan fingerprint density at radius 2 is 2.04 bits per heavy atom. The molecule has 2 heterocycles. The number of hydrogen-bond acceptors (Lipinski definition) is 3. The highest BCUT2D eigenvalue weighted by atomic mass is 16.1. The van der Waals surface area contributed by atoms with Crippen molar-refractivity contribution in [3.05, 3.63) is 66.1 Å². The van der Waals surface area contributed by atoms with E-state index in [1.54, 1.807) is 0 Å². The Kier molecular flexibility index (Phi) is 5.01. The molecule has 140 valence electrons. The lowest BCUT2D eigenvalue weighted by atomic mass is 9.95. The second-order valence-corrected chi connectivity index (χ2v) is 7.25. The summed E-state index contributed by atoms with van der Waals surface area (Å²) in [4.78, 5) is 11.9. The number of primary amides is 1. The minimum Gasteiger partial charge on any atom is -0.387 e. The first-order valence-corrected chi connectivity index (χ1v) is 9.71. The van der Waals surface area contributed by atoms with E-state index in [9.17, 15) is 4.79 Å². The van der Waals surface area contributed by atoms with Gasteiger partial charge in [-0.15, -0.1) is 0 Å². The summed E-state index contributed by atoms with van der Waals surface area (Å²) >= 11 is 0. The smallest absolute Gasteiger partial charge is 0.250 e. The number of aromatic nitrogens is 1. The van der Waals surface area contributed by atoms with Crippen LogP contribution in [0, 0.1) is 0 Å². The van der Waals surface area contributed by atoms with Gasteiger partial charge in [0, 0.05) is 41.9 Å². The van der Waals surface area contributed by atoms with Crippen molar-refractivity contribution in [2.24, 2.45) is 5.73 Å². The zero-order chi connectivity index (χ0) is 18.6. The summed E-state index contributed by atoms with van der Waals surface area (Å²) in [5, 5.41) is 6.83. The Morgan fingerprint density at radius 1 is 1.19 bits per heavy atom. The fraction of sp³-hybridized carbons (Fsp3) is 0.318. The minimum atomic E-state index is -0.394. The summed E-state index contributed by atoms with van der Waals surface area (Å²) in [6.07, 6.45) is 14.4. The van der Waals surface area contributed by atoms with Crippen LogP contribution in [0.2, 0.25) is 0 Å². The molecule has 1 amide bonds. The van der Waals surface area contributed by atoms with Gasteiger partial charge in [0.2, 0.25) is 0 Å². The zero-order valence-corrected chi connectivity index (χ0v) is 15.4. The third-order valence-corrected chi connectivity index (χ3v) is 5.35. The second kappa shape index (κ2) is 7.74. The van der Waals surface area contributed by atoms with Crippen LogP contribution < -0.4 is 16.4 Å². The van der Waals surface area contributed by atoms with Crippen molar-refractivity contribution >= 4 is 17.2 Å². The molecule has 0 bridgehead atoms. The number of carbonyl (C=O) groups is 1. The van der Waals surface area contributed by atoms with Crippen LogP contribution in [0.4, 0.5) is 5.69 Å². The number of nitrogens with two attached hydrogens (primary N) is 1. The van der Waals surface area contributed by atoms with E-state index >= 15 is 0 Å². The molecular formula is C22H26N4O. The number of benzene rings is 1. The van der Waals surface area contributed by atoms with E-state index in [-0.39, 0.29) is 0 Å². The van der Waals surface area contributed by atoms with Crippen LogP contribution in [-0.2, 0) is 0 Å². The van der Waals surface area contributed by atoms with Crippen LogP contribution in [-0.4, -0.2) is 23.1 Å². The van der Waals surface area contributed by atoms with Gasteiger partial charge in [-0.1, -0.05) is 31.4 Å². The summed E-state index contributed by atoms with van der Waals surface area (Å²) in [6, 6.07) is 10.4. The summed E-state index contributed by atoms with van der Waals surface area (Å²) in [7, 11) is 0. The summed E-state index contributed by atoms with van der Waals surface area (Å²) in [6.45, 7) is 0.854. The number of hydrogen-bond donors (Lipinski definition) is 3. The topological polar surface area (TPSA) is 72.1 Å². The van der Waals surface area contributed by atoms with Gasteiger partial charge in [0.15, 0.2) is 0 Å². The van der Waals surface area contributed by atoms with E-state index in [0.717, 1.165) is 42.0 Å². The molecule has 2 aliphatic rings. The van der Waals surface area contributed by atoms with Gasteiger partial charge in [-0.2, -0.15) is 0 Å². The van der Waals surface area contributed by atoms with Gasteiger partial charge in [-0.05, 0) is 43.2 Å². The molecule has 1 fully saturated rings. The van der Waals surface area contributed by atoms with Gasteiger partial charge in [-0.25, -0.2) is 0 Å². The number of rotatable bonds is 5. The minimum absolute atomic E-state index is 0.394. The number of nitrogens with zero attached hydrogens (tertiary/aromatic N) is 1. The summed E-state index contributed by atoms with van der Waals surface area (Å²) in [5.74, 6) is -0.394. The molecule has 2 aromatic rings. The predicted octanol–water partition coefficient (Wildman–Crippen LogP) is 3.82. The van der Waals surface area contributed by atoms with Crippen molar-refractivity contribution in [3.8, 4) is 5.69 Å². The quantitative estimate of drug-likeness (QED) is 0.757.